The first-order valence-corrected chi connectivity index (χ1v) is 7.00. The number of hydrogen-bond acceptors (Lipinski definition) is 5. The van der Waals surface area contributed by atoms with Crippen molar-refractivity contribution in [3.05, 3.63) is 53.4 Å². The predicted molar refractivity (Wildman–Crippen MR) is 85.2 cm³/mol. The number of hydrogen-bond donors (Lipinski definition) is 1. The molecule has 0 spiro atoms. The van der Waals surface area contributed by atoms with E-state index in [1.165, 1.54) is 13.3 Å². The van der Waals surface area contributed by atoms with Gasteiger partial charge in [-0.15, -0.1) is 0 Å². The van der Waals surface area contributed by atoms with Crippen LogP contribution in [-0.2, 0) is 0 Å². The van der Waals surface area contributed by atoms with Crippen LogP contribution in [0.25, 0.3) is 5.69 Å². The predicted octanol–water partition coefficient (Wildman–Crippen LogP) is 3.38. The number of rotatable bonds is 4. The van der Waals surface area contributed by atoms with E-state index in [0.717, 1.165) is 17.1 Å². The molecule has 1 aromatic carbocycles. The molecule has 0 saturated heterocycles. The summed E-state index contributed by atoms with van der Waals surface area (Å²) in [5.74, 6) is 0.726. The van der Waals surface area contributed by atoms with Crippen molar-refractivity contribution >= 4 is 23.2 Å². The molecule has 0 radical (unpaired) electrons. The number of benzene rings is 1. The van der Waals surface area contributed by atoms with E-state index in [1.807, 2.05) is 41.9 Å². The molecule has 1 N–H and O–H groups in total. The normalized spacial score (nSPS) is 10.5. The molecular formula is C15H14ClN5O. The fourth-order valence-corrected chi connectivity index (χ4v) is 2.21. The molecule has 3 aromatic rings. The van der Waals surface area contributed by atoms with Crippen LogP contribution in [0.1, 0.15) is 5.69 Å². The molecule has 0 aliphatic rings. The number of methoxy groups -OCH3 is 1. The van der Waals surface area contributed by atoms with Gasteiger partial charge in [-0.05, 0) is 19.1 Å². The summed E-state index contributed by atoms with van der Waals surface area (Å²) in [4.78, 5) is 8.33. The number of anilines is 2. The lowest BCUT2D eigenvalue weighted by Crippen LogP contribution is -2.02. The van der Waals surface area contributed by atoms with Crippen molar-refractivity contribution in [1.29, 1.82) is 0 Å². The molecule has 22 heavy (non-hydrogen) atoms. The second-order valence-electron chi connectivity index (χ2n) is 4.57. The van der Waals surface area contributed by atoms with Gasteiger partial charge in [-0.2, -0.15) is 10.1 Å². The SMILES string of the molecule is COc1nc(Nc2cnn(-c3ccccc3)c2C)ncc1Cl. The van der Waals surface area contributed by atoms with Crippen LogP contribution in [0.5, 0.6) is 5.88 Å². The minimum absolute atomic E-state index is 0.326. The van der Waals surface area contributed by atoms with Gasteiger partial charge in [-0.3, -0.25) is 0 Å². The molecule has 0 aliphatic heterocycles. The second kappa shape index (κ2) is 6.03. The first-order chi connectivity index (χ1) is 10.7. The molecular weight excluding hydrogens is 302 g/mol. The highest BCUT2D eigenvalue weighted by molar-refractivity contribution is 6.31. The Hall–Kier alpha value is -2.60. The second-order valence-corrected chi connectivity index (χ2v) is 4.97. The first-order valence-electron chi connectivity index (χ1n) is 6.62. The number of ether oxygens (including phenoxy) is 1. The minimum Gasteiger partial charge on any atom is -0.480 e. The average molecular weight is 316 g/mol. The number of nitrogens with one attached hydrogen (secondary N) is 1. The van der Waals surface area contributed by atoms with Gasteiger partial charge in [0.05, 0.1) is 36.6 Å². The van der Waals surface area contributed by atoms with Gasteiger partial charge in [0.25, 0.3) is 0 Å². The monoisotopic (exact) mass is 315 g/mol. The standard InChI is InChI=1S/C15H14ClN5O/c1-10-13(9-18-21(10)11-6-4-3-5-7-11)19-15-17-8-12(16)14(20-15)22-2/h3-9H,1-2H3,(H,17,19,20). The lowest BCUT2D eigenvalue weighted by atomic mass is 10.3. The van der Waals surface area contributed by atoms with Gasteiger partial charge in [0.2, 0.25) is 11.8 Å². The van der Waals surface area contributed by atoms with Crippen LogP contribution in [0.3, 0.4) is 0 Å². The highest BCUT2D eigenvalue weighted by Gasteiger charge is 2.11. The van der Waals surface area contributed by atoms with Crippen molar-refractivity contribution in [1.82, 2.24) is 19.7 Å². The van der Waals surface area contributed by atoms with Crippen molar-refractivity contribution in [2.45, 2.75) is 6.92 Å². The molecule has 0 bridgehead atoms. The third-order valence-corrected chi connectivity index (χ3v) is 3.42. The lowest BCUT2D eigenvalue weighted by Gasteiger charge is -2.07. The van der Waals surface area contributed by atoms with Gasteiger partial charge < -0.3 is 10.1 Å². The van der Waals surface area contributed by atoms with Gasteiger partial charge in [0, 0.05) is 0 Å². The van der Waals surface area contributed by atoms with Crippen LogP contribution in [0, 0.1) is 6.92 Å². The molecule has 0 fully saturated rings. The summed E-state index contributed by atoms with van der Waals surface area (Å²) in [6.07, 6.45) is 3.22. The van der Waals surface area contributed by atoms with Crippen LogP contribution in [-0.4, -0.2) is 26.9 Å². The van der Waals surface area contributed by atoms with Crippen molar-refractivity contribution in [2.75, 3.05) is 12.4 Å². The molecule has 0 atom stereocenters. The van der Waals surface area contributed by atoms with E-state index in [2.05, 4.69) is 20.4 Å². The van der Waals surface area contributed by atoms with Crippen molar-refractivity contribution in [2.24, 2.45) is 0 Å². The van der Waals surface area contributed by atoms with Gasteiger partial charge in [0.1, 0.15) is 5.02 Å². The summed E-state index contributed by atoms with van der Waals surface area (Å²) in [6, 6.07) is 9.89. The Bertz CT molecular complexity index is 788. The lowest BCUT2D eigenvalue weighted by molar-refractivity contribution is 0.398. The summed E-state index contributed by atoms with van der Waals surface area (Å²) >= 11 is 5.92. The van der Waals surface area contributed by atoms with Gasteiger partial charge >= 0.3 is 0 Å². The minimum atomic E-state index is 0.326. The van der Waals surface area contributed by atoms with Crippen LogP contribution in [0.15, 0.2) is 42.7 Å². The third-order valence-electron chi connectivity index (χ3n) is 3.16. The van der Waals surface area contributed by atoms with Crippen molar-refractivity contribution in [3.8, 4) is 11.6 Å². The molecule has 0 unspecified atom stereocenters. The van der Waals surface area contributed by atoms with Crippen LogP contribution < -0.4 is 10.1 Å². The molecule has 112 valence electrons. The zero-order valence-electron chi connectivity index (χ0n) is 12.1. The fraction of sp³-hybridized carbons (Fsp3) is 0.133. The van der Waals surface area contributed by atoms with E-state index in [-0.39, 0.29) is 0 Å². The Labute approximate surface area is 132 Å². The van der Waals surface area contributed by atoms with E-state index in [1.54, 1.807) is 6.20 Å². The first kappa shape index (κ1) is 14.3. The highest BCUT2D eigenvalue weighted by atomic mass is 35.5. The topological polar surface area (TPSA) is 64.9 Å². The largest absolute Gasteiger partial charge is 0.480 e. The molecule has 0 aliphatic carbocycles. The van der Waals surface area contributed by atoms with Crippen LogP contribution >= 0.6 is 11.6 Å². The van der Waals surface area contributed by atoms with Gasteiger partial charge in [-0.25, -0.2) is 9.67 Å². The average Bonchev–Trinajstić information content (AvgIpc) is 2.91. The maximum absolute atomic E-state index is 5.92. The Morgan fingerprint density at radius 3 is 2.68 bits per heavy atom. The molecule has 0 saturated carbocycles. The summed E-state index contributed by atoms with van der Waals surface area (Å²) < 4.78 is 6.93. The Kier molecular flexibility index (Phi) is 3.93. The number of para-hydroxylation sites is 1. The molecule has 2 aromatic heterocycles. The zero-order chi connectivity index (χ0) is 15.5. The fourth-order valence-electron chi connectivity index (χ4n) is 2.04. The summed E-state index contributed by atoms with van der Waals surface area (Å²) in [7, 11) is 1.51. The third kappa shape index (κ3) is 2.73. The van der Waals surface area contributed by atoms with Crippen molar-refractivity contribution < 1.29 is 4.74 Å². The number of halogens is 1. The maximum Gasteiger partial charge on any atom is 0.237 e. The van der Waals surface area contributed by atoms with E-state index < -0.39 is 0 Å². The quantitative estimate of drug-likeness (QED) is 0.799. The zero-order valence-corrected chi connectivity index (χ0v) is 12.9. The molecule has 7 heteroatoms. The van der Waals surface area contributed by atoms with E-state index in [9.17, 15) is 0 Å². The van der Waals surface area contributed by atoms with Crippen molar-refractivity contribution in [3.63, 3.8) is 0 Å². The van der Waals surface area contributed by atoms with E-state index in [0.29, 0.717) is 16.9 Å². The number of aromatic nitrogens is 4. The smallest absolute Gasteiger partial charge is 0.237 e. The van der Waals surface area contributed by atoms with Gasteiger partial charge in [0.15, 0.2) is 0 Å². The molecule has 6 nitrogen and oxygen atoms in total. The molecule has 3 rings (SSSR count). The summed E-state index contributed by atoms with van der Waals surface area (Å²) in [5.41, 5.74) is 2.75. The van der Waals surface area contributed by atoms with Crippen LogP contribution in [0.2, 0.25) is 5.02 Å². The van der Waals surface area contributed by atoms with E-state index in [4.69, 9.17) is 16.3 Å². The van der Waals surface area contributed by atoms with Gasteiger partial charge in [-0.1, -0.05) is 29.8 Å². The Morgan fingerprint density at radius 2 is 1.95 bits per heavy atom. The Balaban J connectivity index is 1.90. The summed E-state index contributed by atoms with van der Waals surface area (Å²) in [5, 5.41) is 7.87. The Morgan fingerprint density at radius 1 is 1.18 bits per heavy atom. The maximum atomic E-state index is 5.92. The molecule has 2 heterocycles. The highest BCUT2D eigenvalue weighted by Crippen LogP contribution is 2.24. The van der Waals surface area contributed by atoms with E-state index >= 15 is 0 Å². The number of nitrogens with zero attached hydrogens (tertiary/aromatic N) is 4. The molecule has 0 amide bonds. The van der Waals surface area contributed by atoms with Crippen LogP contribution in [0.4, 0.5) is 11.6 Å². The summed E-state index contributed by atoms with van der Waals surface area (Å²) in [6.45, 7) is 1.97.